The van der Waals surface area contributed by atoms with E-state index in [2.05, 4.69) is 146 Å². The van der Waals surface area contributed by atoms with Gasteiger partial charge in [0.25, 0.3) is 0 Å². The van der Waals surface area contributed by atoms with E-state index >= 15 is 0 Å². The molecule has 0 radical (unpaired) electrons. The number of furan rings is 1. The first-order valence-corrected chi connectivity index (χ1v) is 14.0. The van der Waals surface area contributed by atoms with Crippen molar-refractivity contribution in [1.82, 2.24) is 0 Å². The lowest BCUT2D eigenvalue weighted by atomic mass is 9.95. The van der Waals surface area contributed by atoms with Crippen molar-refractivity contribution in [2.75, 3.05) is 0 Å². The van der Waals surface area contributed by atoms with E-state index < -0.39 is 0 Å². The van der Waals surface area contributed by atoms with Crippen LogP contribution in [0.1, 0.15) is 0 Å². The van der Waals surface area contributed by atoms with Gasteiger partial charge in [-0.1, -0.05) is 127 Å². The summed E-state index contributed by atoms with van der Waals surface area (Å²) in [6.07, 6.45) is 0. The van der Waals surface area contributed by atoms with Gasteiger partial charge in [0.1, 0.15) is 11.2 Å². The summed E-state index contributed by atoms with van der Waals surface area (Å²) in [5.41, 5.74) is 11.6. The zero-order chi connectivity index (χ0) is 27.2. The van der Waals surface area contributed by atoms with E-state index in [0.717, 1.165) is 21.9 Å². The van der Waals surface area contributed by atoms with Crippen molar-refractivity contribution in [1.29, 1.82) is 0 Å². The number of rotatable bonds is 4. The Bertz CT molecular complexity index is 2170. The van der Waals surface area contributed by atoms with E-state index in [0.29, 0.717) is 0 Å². The van der Waals surface area contributed by atoms with Crippen LogP contribution < -0.4 is 0 Å². The molecule has 0 fully saturated rings. The smallest absolute Gasteiger partial charge is 0.135 e. The van der Waals surface area contributed by atoms with Gasteiger partial charge in [-0.15, -0.1) is 0 Å². The molecule has 1 heterocycles. The minimum atomic E-state index is 0.926. The van der Waals surface area contributed by atoms with Crippen LogP contribution in [0.5, 0.6) is 0 Å². The van der Waals surface area contributed by atoms with Gasteiger partial charge >= 0.3 is 0 Å². The van der Waals surface area contributed by atoms with Gasteiger partial charge in [-0.25, -0.2) is 0 Å². The highest BCUT2D eigenvalue weighted by Crippen LogP contribution is 2.34. The van der Waals surface area contributed by atoms with Crippen LogP contribution in [0.25, 0.3) is 77.2 Å². The molecule has 0 aliphatic heterocycles. The molecule has 0 saturated heterocycles. The van der Waals surface area contributed by atoms with Crippen LogP contribution in [0.2, 0.25) is 0 Å². The summed E-state index contributed by atoms with van der Waals surface area (Å²) < 4.78 is 6.01. The molecule has 8 rings (SSSR count). The van der Waals surface area contributed by atoms with Crippen molar-refractivity contribution in [3.05, 3.63) is 158 Å². The van der Waals surface area contributed by atoms with Crippen LogP contribution in [0, 0.1) is 0 Å². The Labute approximate surface area is 238 Å². The lowest BCUT2D eigenvalue weighted by Gasteiger charge is -2.09. The highest BCUT2D eigenvalue weighted by molar-refractivity contribution is 6.06. The van der Waals surface area contributed by atoms with Gasteiger partial charge in [0.2, 0.25) is 0 Å². The molecule has 8 aromatic rings. The van der Waals surface area contributed by atoms with Crippen LogP contribution in [0.3, 0.4) is 0 Å². The van der Waals surface area contributed by atoms with Gasteiger partial charge < -0.3 is 4.42 Å². The van der Waals surface area contributed by atoms with Crippen LogP contribution >= 0.6 is 0 Å². The third kappa shape index (κ3) is 4.29. The highest BCUT2D eigenvalue weighted by Gasteiger charge is 2.09. The molecular weight excluding hydrogens is 496 g/mol. The second-order valence-corrected chi connectivity index (χ2v) is 10.6. The standard InChI is InChI=1S/C40H26O/c1-2-6-27(7-3-1)28-10-12-29(13-11-28)32-18-20-35-25-33(19-21-34(35)24-32)30-14-16-31(17-15-30)36-22-23-40-38(26-36)37-8-4-5-9-39(37)41-40/h1-26H. The van der Waals surface area contributed by atoms with E-state index in [4.69, 9.17) is 4.42 Å². The maximum atomic E-state index is 6.01. The maximum absolute atomic E-state index is 6.01. The summed E-state index contributed by atoms with van der Waals surface area (Å²) >= 11 is 0. The lowest BCUT2D eigenvalue weighted by molar-refractivity contribution is 0.669. The summed E-state index contributed by atoms with van der Waals surface area (Å²) in [5.74, 6) is 0. The van der Waals surface area contributed by atoms with Crippen LogP contribution in [0.4, 0.5) is 0 Å². The number of hydrogen-bond donors (Lipinski definition) is 0. The van der Waals surface area contributed by atoms with E-state index in [9.17, 15) is 0 Å². The molecule has 1 heteroatoms. The van der Waals surface area contributed by atoms with Gasteiger partial charge in [0.15, 0.2) is 0 Å². The summed E-state index contributed by atoms with van der Waals surface area (Å²) in [4.78, 5) is 0. The second-order valence-electron chi connectivity index (χ2n) is 10.6. The van der Waals surface area contributed by atoms with E-state index in [-0.39, 0.29) is 0 Å². The predicted octanol–water partition coefficient (Wildman–Crippen LogP) is 11.4. The van der Waals surface area contributed by atoms with Crippen molar-refractivity contribution in [2.24, 2.45) is 0 Å². The Morgan fingerprint density at radius 1 is 0.268 bits per heavy atom. The number of hydrogen-bond acceptors (Lipinski definition) is 1. The zero-order valence-electron chi connectivity index (χ0n) is 22.4. The third-order valence-corrected chi connectivity index (χ3v) is 8.09. The first-order valence-electron chi connectivity index (χ1n) is 14.0. The minimum absolute atomic E-state index is 0.926. The fourth-order valence-electron chi connectivity index (χ4n) is 5.85. The molecular formula is C40H26O. The molecule has 1 nitrogen and oxygen atoms in total. The monoisotopic (exact) mass is 522 g/mol. The van der Waals surface area contributed by atoms with E-state index in [1.807, 2.05) is 12.1 Å². The van der Waals surface area contributed by atoms with Crippen molar-refractivity contribution >= 4 is 32.7 Å². The fraction of sp³-hybridized carbons (Fsp3) is 0. The maximum Gasteiger partial charge on any atom is 0.135 e. The molecule has 41 heavy (non-hydrogen) atoms. The lowest BCUT2D eigenvalue weighted by Crippen LogP contribution is -1.83. The average Bonchev–Trinajstić information content (AvgIpc) is 3.43. The average molecular weight is 523 g/mol. The Morgan fingerprint density at radius 2 is 0.683 bits per heavy atom. The Kier molecular flexibility index (Phi) is 5.53. The van der Waals surface area contributed by atoms with E-state index in [1.54, 1.807) is 0 Å². The third-order valence-electron chi connectivity index (χ3n) is 8.09. The number of fused-ring (bicyclic) bond motifs is 4. The van der Waals surface area contributed by atoms with Gasteiger partial charge in [0, 0.05) is 10.8 Å². The number of para-hydroxylation sites is 1. The molecule has 0 bridgehead atoms. The highest BCUT2D eigenvalue weighted by atomic mass is 16.3. The van der Waals surface area contributed by atoms with Crippen LogP contribution in [-0.4, -0.2) is 0 Å². The molecule has 0 unspecified atom stereocenters. The van der Waals surface area contributed by atoms with Crippen molar-refractivity contribution in [3.8, 4) is 44.5 Å². The van der Waals surface area contributed by atoms with Crippen molar-refractivity contribution < 1.29 is 4.42 Å². The Hall–Kier alpha value is -5.40. The SMILES string of the molecule is c1ccc(-c2ccc(-c3ccc4cc(-c5ccc(-c6ccc7oc8ccccc8c7c6)cc5)ccc4c3)cc2)cc1. The second kappa shape index (κ2) is 9.66. The quantitative estimate of drug-likeness (QED) is 0.224. The number of benzene rings is 7. The predicted molar refractivity (Wildman–Crippen MR) is 173 cm³/mol. The molecule has 0 saturated carbocycles. The molecule has 0 aliphatic carbocycles. The fourth-order valence-corrected chi connectivity index (χ4v) is 5.85. The summed E-state index contributed by atoms with van der Waals surface area (Å²) in [6.45, 7) is 0. The normalized spacial score (nSPS) is 11.4. The summed E-state index contributed by atoms with van der Waals surface area (Å²) in [6, 6.07) is 56.4. The molecule has 1 aromatic heterocycles. The van der Waals surface area contributed by atoms with Gasteiger partial charge in [-0.2, -0.15) is 0 Å². The van der Waals surface area contributed by atoms with Gasteiger partial charge in [-0.05, 0) is 85.6 Å². The van der Waals surface area contributed by atoms with Crippen LogP contribution in [-0.2, 0) is 0 Å². The molecule has 0 aliphatic rings. The molecule has 192 valence electrons. The van der Waals surface area contributed by atoms with Crippen LogP contribution in [0.15, 0.2) is 162 Å². The first-order chi connectivity index (χ1) is 20.3. The minimum Gasteiger partial charge on any atom is -0.456 e. The molecule has 0 atom stereocenters. The van der Waals surface area contributed by atoms with E-state index in [1.165, 1.54) is 55.3 Å². The van der Waals surface area contributed by atoms with Gasteiger partial charge in [-0.3, -0.25) is 0 Å². The Morgan fingerprint density at radius 3 is 1.29 bits per heavy atom. The zero-order valence-corrected chi connectivity index (χ0v) is 22.4. The molecule has 0 N–H and O–H groups in total. The van der Waals surface area contributed by atoms with Crippen molar-refractivity contribution in [3.63, 3.8) is 0 Å². The van der Waals surface area contributed by atoms with Crippen molar-refractivity contribution in [2.45, 2.75) is 0 Å². The van der Waals surface area contributed by atoms with Gasteiger partial charge in [0.05, 0.1) is 0 Å². The molecule has 7 aromatic carbocycles. The largest absolute Gasteiger partial charge is 0.456 e. The topological polar surface area (TPSA) is 13.1 Å². The molecule has 0 spiro atoms. The Balaban J connectivity index is 1.06. The molecule has 0 amide bonds. The first kappa shape index (κ1) is 23.5. The summed E-state index contributed by atoms with van der Waals surface area (Å²) in [5, 5.41) is 4.80. The summed E-state index contributed by atoms with van der Waals surface area (Å²) in [7, 11) is 0.